The molecule has 1 aliphatic carbocycles. The molecule has 0 radical (unpaired) electrons. The van der Waals surface area contributed by atoms with Crippen LogP contribution in [0.4, 0.5) is 5.69 Å². The van der Waals surface area contributed by atoms with Gasteiger partial charge in [0, 0.05) is 49.9 Å². The number of ether oxygens (including phenoxy) is 3. The molecule has 1 saturated carbocycles. The Hall–Kier alpha value is -1.72. The minimum atomic E-state index is -0.366. The Morgan fingerprint density at radius 1 is 1.13 bits per heavy atom. The molecule has 3 fully saturated rings. The fourth-order valence-corrected chi connectivity index (χ4v) is 5.22. The maximum absolute atomic E-state index is 6.48. The van der Waals surface area contributed by atoms with Crippen molar-refractivity contribution in [1.29, 1.82) is 0 Å². The Morgan fingerprint density at radius 2 is 1.83 bits per heavy atom. The van der Waals surface area contributed by atoms with Crippen molar-refractivity contribution in [2.45, 2.75) is 64.3 Å². The van der Waals surface area contributed by atoms with E-state index >= 15 is 0 Å². The van der Waals surface area contributed by atoms with Gasteiger partial charge < -0.3 is 24.0 Å². The summed E-state index contributed by atoms with van der Waals surface area (Å²) in [6.45, 7) is 13.7. The highest BCUT2D eigenvalue weighted by Crippen LogP contribution is 2.43. The molecular formula is C25H38N2O3. The summed E-state index contributed by atoms with van der Waals surface area (Å²) in [6, 6.07) is 8.48. The van der Waals surface area contributed by atoms with E-state index in [4.69, 9.17) is 14.2 Å². The molecule has 2 atom stereocenters. The lowest BCUT2D eigenvalue weighted by Crippen LogP contribution is -2.45. The Labute approximate surface area is 182 Å². The van der Waals surface area contributed by atoms with Crippen LogP contribution in [0.5, 0.6) is 5.75 Å². The van der Waals surface area contributed by atoms with E-state index < -0.39 is 0 Å². The highest BCUT2D eigenvalue weighted by molar-refractivity contribution is 5.49. The van der Waals surface area contributed by atoms with Crippen LogP contribution >= 0.6 is 0 Å². The molecule has 4 rings (SSSR count). The van der Waals surface area contributed by atoms with E-state index in [9.17, 15) is 0 Å². The normalized spacial score (nSPS) is 27.6. The van der Waals surface area contributed by atoms with Gasteiger partial charge in [-0.1, -0.05) is 32.8 Å². The van der Waals surface area contributed by atoms with Gasteiger partial charge in [0.1, 0.15) is 18.5 Å². The Balaban J connectivity index is 1.27. The molecule has 166 valence electrons. The first-order chi connectivity index (χ1) is 14.6. The highest BCUT2D eigenvalue weighted by atomic mass is 16.8. The van der Waals surface area contributed by atoms with E-state index in [1.807, 2.05) is 0 Å². The van der Waals surface area contributed by atoms with E-state index in [1.165, 1.54) is 31.4 Å². The zero-order valence-electron chi connectivity index (χ0n) is 18.8. The van der Waals surface area contributed by atoms with Crippen LogP contribution in [0, 0.1) is 5.92 Å². The molecule has 1 aromatic carbocycles. The summed E-state index contributed by atoms with van der Waals surface area (Å²) in [7, 11) is 0. The first-order valence-corrected chi connectivity index (χ1v) is 11.8. The molecule has 0 aromatic heterocycles. The standard InChI is InChI=1S/C25H38N2O3/c1-4-13-25(21-7-5-6-8-21)29-19-24(30-25)18-28-23-11-9-22(10-12-23)27-16-14-26(15-17-27)20(2)3/h9-12,21,24H,2,4-8,13-19H2,1,3H3. The summed E-state index contributed by atoms with van der Waals surface area (Å²) in [5, 5.41) is 0. The maximum Gasteiger partial charge on any atom is 0.171 e. The minimum Gasteiger partial charge on any atom is -0.491 e. The van der Waals surface area contributed by atoms with Gasteiger partial charge in [0.05, 0.1) is 6.61 Å². The summed E-state index contributed by atoms with van der Waals surface area (Å²) in [6.07, 6.45) is 7.17. The number of rotatable bonds is 8. The van der Waals surface area contributed by atoms with Crippen molar-refractivity contribution in [3.8, 4) is 5.75 Å². The van der Waals surface area contributed by atoms with Crippen LogP contribution in [0.25, 0.3) is 0 Å². The van der Waals surface area contributed by atoms with Crippen molar-refractivity contribution >= 4 is 5.69 Å². The van der Waals surface area contributed by atoms with Gasteiger partial charge in [0.2, 0.25) is 0 Å². The Bertz CT molecular complexity index is 693. The minimum absolute atomic E-state index is 0.0204. The fourth-order valence-electron chi connectivity index (χ4n) is 5.22. The first kappa shape index (κ1) is 21.5. The second-order valence-corrected chi connectivity index (χ2v) is 9.11. The molecule has 1 aromatic rings. The lowest BCUT2D eigenvalue weighted by atomic mass is 9.93. The molecule has 2 unspecified atom stereocenters. The summed E-state index contributed by atoms with van der Waals surface area (Å²) in [4.78, 5) is 4.78. The summed E-state index contributed by atoms with van der Waals surface area (Å²) in [5.74, 6) is 1.08. The fraction of sp³-hybridized carbons (Fsp3) is 0.680. The number of hydrogen-bond donors (Lipinski definition) is 0. The quantitative estimate of drug-likeness (QED) is 0.609. The smallest absolute Gasteiger partial charge is 0.171 e. The van der Waals surface area contributed by atoms with E-state index in [1.54, 1.807) is 0 Å². The lowest BCUT2D eigenvalue weighted by Gasteiger charge is -2.37. The molecular weight excluding hydrogens is 376 g/mol. The summed E-state index contributed by atoms with van der Waals surface area (Å²) >= 11 is 0. The van der Waals surface area contributed by atoms with Gasteiger partial charge >= 0.3 is 0 Å². The third-order valence-corrected chi connectivity index (χ3v) is 6.91. The molecule has 0 N–H and O–H groups in total. The number of anilines is 1. The molecule has 0 bridgehead atoms. The zero-order chi connectivity index (χ0) is 21.0. The van der Waals surface area contributed by atoms with Gasteiger partial charge in [-0.25, -0.2) is 0 Å². The predicted molar refractivity (Wildman–Crippen MR) is 121 cm³/mol. The van der Waals surface area contributed by atoms with E-state index in [-0.39, 0.29) is 11.9 Å². The van der Waals surface area contributed by atoms with Crippen LogP contribution in [0.15, 0.2) is 36.5 Å². The van der Waals surface area contributed by atoms with Crippen LogP contribution in [-0.2, 0) is 9.47 Å². The van der Waals surface area contributed by atoms with E-state index in [0.717, 1.165) is 50.5 Å². The largest absolute Gasteiger partial charge is 0.491 e. The summed E-state index contributed by atoms with van der Waals surface area (Å²) < 4.78 is 18.8. The number of allylic oxidation sites excluding steroid dienone is 1. The topological polar surface area (TPSA) is 34.2 Å². The monoisotopic (exact) mass is 414 g/mol. The molecule has 2 aliphatic heterocycles. The molecule has 5 heteroatoms. The number of nitrogens with zero attached hydrogens (tertiary/aromatic N) is 2. The molecule has 5 nitrogen and oxygen atoms in total. The number of benzene rings is 1. The van der Waals surface area contributed by atoms with E-state index in [2.05, 4.69) is 54.5 Å². The van der Waals surface area contributed by atoms with Gasteiger partial charge in [-0.3, -0.25) is 0 Å². The maximum atomic E-state index is 6.48. The molecule has 2 saturated heterocycles. The van der Waals surface area contributed by atoms with Gasteiger partial charge in [-0.15, -0.1) is 0 Å². The Kier molecular flexibility index (Phi) is 6.89. The van der Waals surface area contributed by atoms with Crippen LogP contribution in [-0.4, -0.2) is 56.2 Å². The SMILES string of the molecule is C=C(C)N1CCN(c2ccc(OCC3COC(CCC)(C4CCCC4)O3)cc2)CC1. The summed E-state index contributed by atoms with van der Waals surface area (Å²) in [5.41, 5.74) is 2.42. The zero-order valence-corrected chi connectivity index (χ0v) is 18.8. The molecule has 2 heterocycles. The van der Waals surface area contributed by atoms with Gasteiger partial charge in [-0.2, -0.15) is 0 Å². The van der Waals surface area contributed by atoms with Crippen LogP contribution in [0.1, 0.15) is 52.4 Å². The predicted octanol–water partition coefficient (Wildman–Crippen LogP) is 4.82. The number of piperazine rings is 1. The van der Waals surface area contributed by atoms with E-state index in [0.29, 0.717) is 19.1 Å². The second-order valence-electron chi connectivity index (χ2n) is 9.11. The van der Waals surface area contributed by atoms with Crippen molar-refractivity contribution in [2.24, 2.45) is 5.92 Å². The Morgan fingerprint density at radius 3 is 2.47 bits per heavy atom. The van der Waals surface area contributed by atoms with Crippen molar-refractivity contribution in [2.75, 3.05) is 44.3 Å². The molecule has 0 amide bonds. The number of hydrogen-bond acceptors (Lipinski definition) is 5. The van der Waals surface area contributed by atoms with Gasteiger partial charge in [0.15, 0.2) is 5.79 Å². The van der Waals surface area contributed by atoms with Crippen molar-refractivity contribution in [3.63, 3.8) is 0 Å². The lowest BCUT2D eigenvalue weighted by molar-refractivity contribution is -0.210. The average Bonchev–Trinajstić information content (AvgIpc) is 3.44. The molecule has 3 aliphatic rings. The van der Waals surface area contributed by atoms with Crippen molar-refractivity contribution in [1.82, 2.24) is 4.90 Å². The third-order valence-electron chi connectivity index (χ3n) is 6.91. The van der Waals surface area contributed by atoms with Crippen molar-refractivity contribution < 1.29 is 14.2 Å². The highest BCUT2D eigenvalue weighted by Gasteiger charge is 2.47. The second kappa shape index (κ2) is 9.61. The molecule has 30 heavy (non-hydrogen) atoms. The van der Waals surface area contributed by atoms with Crippen LogP contribution in [0.3, 0.4) is 0 Å². The van der Waals surface area contributed by atoms with Crippen LogP contribution in [0.2, 0.25) is 0 Å². The van der Waals surface area contributed by atoms with Crippen LogP contribution < -0.4 is 9.64 Å². The van der Waals surface area contributed by atoms with Gasteiger partial charge in [0.25, 0.3) is 0 Å². The van der Waals surface area contributed by atoms with Gasteiger partial charge in [-0.05, 0) is 44.0 Å². The first-order valence-electron chi connectivity index (χ1n) is 11.8. The third kappa shape index (κ3) is 4.78. The average molecular weight is 415 g/mol. The molecule has 0 spiro atoms. The van der Waals surface area contributed by atoms with Crippen molar-refractivity contribution in [3.05, 3.63) is 36.5 Å².